The molecule has 0 atom stereocenters. The normalized spacial score (nSPS) is 16.1. The summed E-state index contributed by atoms with van der Waals surface area (Å²) in [6.45, 7) is 5.43. The van der Waals surface area contributed by atoms with Gasteiger partial charge in [-0.1, -0.05) is 0 Å². The van der Waals surface area contributed by atoms with E-state index in [4.69, 9.17) is 9.47 Å². The molecular weight excluding hydrogens is 244 g/mol. The van der Waals surface area contributed by atoms with Crippen LogP contribution in [0.3, 0.4) is 0 Å². The lowest BCUT2D eigenvalue weighted by molar-refractivity contribution is 0.0699. The summed E-state index contributed by atoms with van der Waals surface area (Å²) in [7, 11) is 1.64. The quantitative estimate of drug-likeness (QED) is 0.817. The molecule has 1 aliphatic heterocycles. The molecule has 0 saturated carbocycles. The highest BCUT2D eigenvalue weighted by Crippen LogP contribution is 2.29. The lowest BCUT2D eigenvalue weighted by atomic mass is 10.0. The van der Waals surface area contributed by atoms with Crippen LogP contribution in [0, 0.1) is 5.92 Å². The molecule has 1 saturated heterocycles. The molecule has 2 rings (SSSR count). The molecule has 1 aromatic rings. The zero-order valence-electron chi connectivity index (χ0n) is 11.6. The van der Waals surface area contributed by atoms with Gasteiger partial charge in [-0.3, -0.25) is 0 Å². The predicted octanol–water partition coefficient (Wildman–Crippen LogP) is 1.76. The Morgan fingerprint density at radius 1 is 1.26 bits per heavy atom. The van der Waals surface area contributed by atoms with Crippen LogP contribution in [0.15, 0.2) is 6.33 Å². The first-order valence-electron chi connectivity index (χ1n) is 6.79. The molecule has 19 heavy (non-hydrogen) atoms. The molecule has 0 aromatic carbocycles. The number of aromatic nitrogens is 2. The van der Waals surface area contributed by atoms with Crippen LogP contribution in [0.5, 0.6) is 5.75 Å². The molecule has 0 radical (unpaired) electrons. The fourth-order valence-electron chi connectivity index (χ4n) is 2.18. The largest absolute Gasteiger partial charge is 0.490 e. The Balaban J connectivity index is 2.00. The third kappa shape index (κ3) is 3.70. The zero-order chi connectivity index (χ0) is 13.5. The van der Waals surface area contributed by atoms with Gasteiger partial charge in [0.2, 0.25) is 5.75 Å². The van der Waals surface area contributed by atoms with Crippen molar-refractivity contribution >= 4 is 11.6 Å². The molecule has 1 aromatic heterocycles. The minimum Gasteiger partial charge on any atom is -0.490 e. The van der Waals surface area contributed by atoms with Gasteiger partial charge in [-0.2, -0.15) is 0 Å². The molecule has 1 aliphatic rings. The topological polar surface area (TPSA) is 68.3 Å². The van der Waals surface area contributed by atoms with Crippen LogP contribution in [-0.4, -0.2) is 43.4 Å². The van der Waals surface area contributed by atoms with E-state index in [1.54, 1.807) is 13.4 Å². The second-order valence-corrected chi connectivity index (χ2v) is 4.57. The van der Waals surface area contributed by atoms with E-state index >= 15 is 0 Å². The van der Waals surface area contributed by atoms with Crippen molar-refractivity contribution in [3.8, 4) is 5.75 Å². The highest BCUT2D eigenvalue weighted by atomic mass is 16.5. The van der Waals surface area contributed by atoms with Crippen molar-refractivity contribution in [1.29, 1.82) is 0 Å². The predicted molar refractivity (Wildman–Crippen MR) is 74.8 cm³/mol. The first-order valence-corrected chi connectivity index (χ1v) is 6.79. The van der Waals surface area contributed by atoms with Gasteiger partial charge in [-0.15, -0.1) is 0 Å². The molecule has 0 unspecified atom stereocenters. The Hall–Kier alpha value is -1.56. The molecule has 0 amide bonds. The fraction of sp³-hybridized carbons (Fsp3) is 0.692. The number of nitrogens with zero attached hydrogens (tertiary/aromatic N) is 2. The van der Waals surface area contributed by atoms with Crippen molar-refractivity contribution in [3.63, 3.8) is 0 Å². The van der Waals surface area contributed by atoms with Crippen molar-refractivity contribution in [2.75, 3.05) is 44.0 Å². The first-order chi connectivity index (χ1) is 9.35. The molecule has 2 heterocycles. The minimum absolute atomic E-state index is 0.635. The summed E-state index contributed by atoms with van der Waals surface area (Å²) in [5.41, 5.74) is 0. The molecular formula is C13H22N4O2. The van der Waals surface area contributed by atoms with Gasteiger partial charge >= 0.3 is 0 Å². The number of nitrogens with one attached hydrogen (secondary N) is 2. The van der Waals surface area contributed by atoms with E-state index in [0.717, 1.165) is 50.8 Å². The van der Waals surface area contributed by atoms with Crippen molar-refractivity contribution in [2.24, 2.45) is 5.92 Å². The maximum Gasteiger partial charge on any atom is 0.204 e. The van der Waals surface area contributed by atoms with Crippen LogP contribution in [-0.2, 0) is 4.74 Å². The summed E-state index contributed by atoms with van der Waals surface area (Å²) in [5, 5.41) is 6.53. The monoisotopic (exact) mass is 266 g/mol. The molecule has 6 heteroatoms. The Bertz CT molecular complexity index is 394. The standard InChI is InChI=1S/C13H22N4O2/c1-3-14-12-11(18-2)13(17-9-16-12)15-8-10-4-6-19-7-5-10/h9-10H,3-8H2,1-2H3,(H2,14,15,16,17). The van der Waals surface area contributed by atoms with Gasteiger partial charge in [0.25, 0.3) is 0 Å². The molecule has 1 fully saturated rings. The van der Waals surface area contributed by atoms with Crippen LogP contribution >= 0.6 is 0 Å². The molecule has 106 valence electrons. The van der Waals surface area contributed by atoms with Crippen molar-refractivity contribution in [2.45, 2.75) is 19.8 Å². The van der Waals surface area contributed by atoms with E-state index in [9.17, 15) is 0 Å². The Morgan fingerprint density at radius 3 is 2.58 bits per heavy atom. The summed E-state index contributed by atoms with van der Waals surface area (Å²) in [6.07, 6.45) is 3.74. The molecule has 0 aliphatic carbocycles. The van der Waals surface area contributed by atoms with E-state index in [0.29, 0.717) is 11.7 Å². The lowest BCUT2D eigenvalue weighted by Crippen LogP contribution is -2.23. The second-order valence-electron chi connectivity index (χ2n) is 4.57. The lowest BCUT2D eigenvalue weighted by Gasteiger charge is -2.23. The van der Waals surface area contributed by atoms with E-state index in [-0.39, 0.29) is 0 Å². The average Bonchev–Trinajstić information content (AvgIpc) is 2.46. The second kappa shape index (κ2) is 7.13. The van der Waals surface area contributed by atoms with Gasteiger partial charge in [0.05, 0.1) is 7.11 Å². The number of methoxy groups -OCH3 is 1. The number of hydrogen-bond donors (Lipinski definition) is 2. The maximum absolute atomic E-state index is 5.39. The number of anilines is 2. The van der Waals surface area contributed by atoms with E-state index in [2.05, 4.69) is 20.6 Å². The Labute approximate surface area is 113 Å². The number of rotatable bonds is 6. The van der Waals surface area contributed by atoms with Crippen LogP contribution in [0.25, 0.3) is 0 Å². The van der Waals surface area contributed by atoms with Crippen molar-refractivity contribution in [3.05, 3.63) is 6.33 Å². The summed E-state index contributed by atoms with van der Waals surface area (Å²) in [5.74, 6) is 2.79. The third-order valence-electron chi connectivity index (χ3n) is 3.25. The summed E-state index contributed by atoms with van der Waals surface area (Å²) in [4.78, 5) is 8.45. The Kier molecular flexibility index (Phi) is 5.20. The van der Waals surface area contributed by atoms with Gasteiger partial charge in [0, 0.05) is 26.3 Å². The summed E-state index contributed by atoms with van der Waals surface area (Å²) in [6, 6.07) is 0. The molecule has 0 bridgehead atoms. The van der Waals surface area contributed by atoms with Crippen LogP contribution in [0.2, 0.25) is 0 Å². The molecule has 2 N–H and O–H groups in total. The smallest absolute Gasteiger partial charge is 0.204 e. The first kappa shape index (κ1) is 13.9. The minimum atomic E-state index is 0.635. The van der Waals surface area contributed by atoms with Crippen molar-refractivity contribution in [1.82, 2.24) is 9.97 Å². The number of hydrogen-bond acceptors (Lipinski definition) is 6. The van der Waals surface area contributed by atoms with Gasteiger partial charge in [-0.25, -0.2) is 9.97 Å². The van der Waals surface area contributed by atoms with Crippen molar-refractivity contribution < 1.29 is 9.47 Å². The summed E-state index contributed by atoms with van der Waals surface area (Å²) < 4.78 is 10.8. The molecule has 0 spiro atoms. The van der Waals surface area contributed by atoms with Gasteiger partial charge in [0.1, 0.15) is 6.33 Å². The SMILES string of the molecule is CCNc1ncnc(NCC2CCOCC2)c1OC. The van der Waals surface area contributed by atoms with Crippen LogP contribution in [0.4, 0.5) is 11.6 Å². The average molecular weight is 266 g/mol. The van der Waals surface area contributed by atoms with Gasteiger partial charge in [0.15, 0.2) is 11.6 Å². The van der Waals surface area contributed by atoms with E-state index in [1.807, 2.05) is 6.92 Å². The maximum atomic E-state index is 5.39. The molecule has 6 nitrogen and oxygen atoms in total. The van der Waals surface area contributed by atoms with Crippen LogP contribution < -0.4 is 15.4 Å². The van der Waals surface area contributed by atoms with E-state index in [1.165, 1.54) is 0 Å². The van der Waals surface area contributed by atoms with Gasteiger partial charge < -0.3 is 20.1 Å². The third-order valence-corrected chi connectivity index (χ3v) is 3.25. The Morgan fingerprint density at radius 2 is 1.95 bits per heavy atom. The van der Waals surface area contributed by atoms with E-state index < -0.39 is 0 Å². The summed E-state index contributed by atoms with van der Waals surface area (Å²) >= 11 is 0. The zero-order valence-corrected chi connectivity index (χ0v) is 11.6. The van der Waals surface area contributed by atoms with Crippen LogP contribution in [0.1, 0.15) is 19.8 Å². The number of ether oxygens (including phenoxy) is 2. The highest BCUT2D eigenvalue weighted by molar-refractivity contribution is 5.63. The van der Waals surface area contributed by atoms with Gasteiger partial charge in [-0.05, 0) is 25.7 Å². The fourth-order valence-corrected chi connectivity index (χ4v) is 2.18. The highest BCUT2D eigenvalue weighted by Gasteiger charge is 2.16.